The Morgan fingerprint density at radius 1 is 1.17 bits per heavy atom. The molecule has 1 heterocycles. The second kappa shape index (κ2) is 5.84. The van der Waals surface area contributed by atoms with E-state index in [1.54, 1.807) is 30.3 Å². The summed E-state index contributed by atoms with van der Waals surface area (Å²) >= 11 is 5.76. The summed E-state index contributed by atoms with van der Waals surface area (Å²) in [5, 5.41) is 1.85. The van der Waals surface area contributed by atoms with Crippen LogP contribution in [0.15, 0.2) is 29.7 Å². The smallest absolute Gasteiger partial charge is 0.236 e. The summed E-state index contributed by atoms with van der Waals surface area (Å²) in [6.45, 7) is 1.72. The Morgan fingerprint density at radius 2 is 1.78 bits per heavy atom. The molecule has 98 valence electrons. The number of benzene rings is 1. The Kier molecular flexibility index (Phi) is 4.40. The molecule has 0 atom stereocenters. The lowest BCUT2D eigenvalue weighted by Gasteiger charge is -2.24. The maximum atomic E-state index is 12.0. The molecule has 1 aromatic rings. The van der Waals surface area contributed by atoms with Gasteiger partial charge in [-0.3, -0.25) is 0 Å². The van der Waals surface area contributed by atoms with Crippen LogP contribution < -0.4 is 0 Å². The van der Waals surface area contributed by atoms with Gasteiger partial charge in [0, 0.05) is 23.5 Å². The maximum absolute atomic E-state index is 12.0. The molecule has 4 nitrogen and oxygen atoms in total. The largest absolute Gasteiger partial charge is 0.379 e. The van der Waals surface area contributed by atoms with E-state index in [1.165, 1.54) is 9.71 Å². The molecule has 0 aromatic heterocycles. The summed E-state index contributed by atoms with van der Waals surface area (Å²) in [4.78, 5) is 0. The topological polar surface area (TPSA) is 46.6 Å². The van der Waals surface area contributed by atoms with Crippen LogP contribution in [0.4, 0.5) is 0 Å². The van der Waals surface area contributed by atoms with Crippen LogP contribution in [0.3, 0.4) is 0 Å². The minimum absolute atomic E-state index is 0.410. The summed E-state index contributed by atoms with van der Waals surface area (Å²) in [6, 6.07) is 6.99. The van der Waals surface area contributed by atoms with Crippen LogP contribution in [0.5, 0.6) is 0 Å². The van der Waals surface area contributed by atoms with Gasteiger partial charge in [-0.25, -0.2) is 8.42 Å². The van der Waals surface area contributed by atoms with E-state index < -0.39 is 10.0 Å². The molecule has 0 bridgehead atoms. The van der Waals surface area contributed by atoms with Crippen LogP contribution in [0, 0.1) is 0 Å². The van der Waals surface area contributed by atoms with Crippen molar-refractivity contribution in [2.24, 2.45) is 0 Å². The van der Waals surface area contributed by atoms with E-state index in [9.17, 15) is 8.42 Å². The standard InChI is InChI=1S/C12H14ClNO3S/c13-12-3-1-11(2-4-12)5-10-18(15,16)14-6-8-17-9-7-14/h1-5,10H,6-9H2. The molecule has 1 fully saturated rings. The first kappa shape index (κ1) is 13.5. The van der Waals surface area contributed by atoms with Gasteiger partial charge in [0.25, 0.3) is 0 Å². The molecular weight excluding hydrogens is 274 g/mol. The quantitative estimate of drug-likeness (QED) is 0.854. The molecule has 0 aliphatic carbocycles. The first-order valence-corrected chi connectivity index (χ1v) is 7.47. The highest BCUT2D eigenvalue weighted by Gasteiger charge is 2.21. The number of nitrogens with zero attached hydrogens (tertiary/aromatic N) is 1. The molecule has 0 saturated carbocycles. The molecular formula is C12H14ClNO3S. The Labute approximate surface area is 112 Å². The molecule has 2 rings (SSSR count). The molecule has 1 aromatic carbocycles. The predicted molar refractivity (Wildman–Crippen MR) is 71.8 cm³/mol. The fourth-order valence-corrected chi connectivity index (χ4v) is 2.91. The van der Waals surface area contributed by atoms with Crippen molar-refractivity contribution in [2.45, 2.75) is 0 Å². The first-order valence-electron chi connectivity index (χ1n) is 5.59. The third-order valence-corrected chi connectivity index (χ3v) is 4.45. The zero-order valence-electron chi connectivity index (χ0n) is 9.75. The number of halogens is 1. The number of morpholine rings is 1. The zero-order chi connectivity index (χ0) is 13.0. The average molecular weight is 288 g/mol. The van der Waals surface area contributed by atoms with Gasteiger partial charge in [-0.2, -0.15) is 4.31 Å². The van der Waals surface area contributed by atoms with Crippen molar-refractivity contribution >= 4 is 27.7 Å². The van der Waals surface area contributed by atoms with E-state index >= 15 is 0 Å². The van der Waals surface area contributed by atoms with Crippen LogP contribution in [0.25, 0.3) is 6.08 Å². The van der Waals surface area contributed by atoms with Crippen molar-refractivity contribution < 1.29 is 13.2 Å². The first-order chi connectivity index (χ1) is 8.58. The Balaban J connectivity index is 2.09. The Bertz CT molecular complexity index is 519. The van der Waals surface area contributed by atoms with Gasteiger partial charge in [-0.05, 0) is 23.8 Å². The monoisotopic (exact) mass is 287 g/mol. The molecule has 0 amide bonds. The normalized spacial score (nSPS) is 18.3. The van der Waals surface area contributed by atoms with Crippen molar-refractivity contribution in [3.05, 3.63) is 40.3 Å². The predicted octanol–water partition coefficient (Wildman–Crippen LogP) is 1.97. The molecule has 0 radical (unpaired) electrons. The van der Waals surface area contributed by atoms with Gasteiger partial charge in [-0.15, -0.1) is 0 Å². The number of ether oxygens (including phenoxy) is 1. The van der Waals surface area contributed by atoms with Gasteiger partial charge < -0.3 is 4.74 Å². The number of rotatable bonds is 3. The zero-order valence-corrected chi connectivity index (χ0v) is 11.3. The number of hydrogen-bond donors (Lipinski definition) is 0. The van der Waals surface area contributed by atoms with Crippen LogP contribution >= 0.6 is 11.6 Å². The highest BCUT2D eigenvalue weighted by molar-refractivity contribution is 7.92. The van der Waals surface area contributed by atoms with Crippen LogP contribution in [0.1, 0.15) is 5.56 Å². The molecule has 0 spiro atoms. The third-order valence-electron chi connectivity index (χ3n) is 2.63. The third kappa shape index (κ3) is 3.55. The Hall–Kier alpha value is -0.880. The fourth-order valence-electron chi connectivity index (χ4n) is 1.63. The second-order valence-electron chi connectivity index (χ2n) is 3.91. The van der Waals surface area contributed by atoms with Gasteiger partial charge in [0.1, 0.15) is 0 Å². The Morgan fingerprint density at radius 3 is 2.39 bits per heavy atom. The lowest BCUT2D eigenvalue weighted by Crippen LogP contribution is -2.39. The summed E-state index contributed by atoms with van der Waals surface area (Å²) in [5.74, 6) is 0. The van der Waals surface area contributed by atoms with Crippen molar-refractivity contribution in [1.82, 2.24) is 4.31 Å². The average Bonchev–Trinajstić information content (AvgIpc) is 2.39. The van der Waals surface area contributed by atoms with E-state index in [-0.39, 0.29) is 0 Å². The molecule has 0 N–H and O–H groups in total. The van der Waals surface area contributed by atoms with Gasteiger partial charge in [0.15, 0.2) is 0 Å². The minimum atomic E-state index is -3.35. The molecule has 0 unspecified atom stereocenters. The lowest BCUT2D eigenvalue weighted by atomic mass is 10.2. The SMILES string of the molecule is O=S(=O)(C=Cc1ccc(Cl)cc1)N1CCOCC1. The number of sulfonamides is 1. The van der Waals surface area contributed by atoms with Gasteiger partial charge in [0.2, 0.25) is 10.0 Å². The van der Waals surface area contributed by atoms with Crippen molar-refractivity contribution in [2.75, 3.05) is 26.3 Å². The maximum Gasteiger partial charge on any atom is 0.236 e. The molecule has 1 aliphatic rings. The summed E-state index contributed by atoms with van der Waals surface area (Å²) in [6.07, 6.45) is 1.57. The lowest BCUT2D eigenvalue weighted by molar-refractivity contribution is 0.0736. The number of hydrogen-bond acceptors (Lipinski definition) is 3. The van der Waals surface area contributed by atoms with Crippen molar-refractivity contribution in [3.63, 3.8) is 0 Å². The molecule has 6 heteroatoms. The van der Waals surface area contributed by atoms with Crippen LogP contribution in [0.2, 0.25) is 5.02 Å². The van der Waals surface area contributed by atoms with E-state index in [0.717, 1.165) is 5.56 Å². The van der Waals surface area contributed by atoms with E-state index in [4.69, 9.17) is 16.3 Å². The van der Waals surface area contributed by atoms with Gasteiger partial charge in [-0.1, -0.05) is 23.7 Å². The molecule has 18 heavy (non-hydrogen) atoms. The minimum Gasteiger partial charge on any atom is -0.379 e. The van der Waals surface area contributed by atoms with Crippen LogP contribution in [-0.2, 0) is 14.8 Å². The van der Waals surface area contributed by atoms with E-state index in [1.807, 2.05) is 0 Å². The summed E-state index contributed by atoms with van der Waals surface area (Å²) in [5.41, 5.74) is 0.802. The van der Waals surface area contributed by atoms with Crippen LogP contribution in [-0.4, -0.2) is 39.0 Å². The van der Waals surface area contributed by atoms with Crippen molar-refractivity contribution in [1.29, 1.82) is 0 Å². The van der Waals surface area contributed by atoms with Crippen molar-refractivity contribution in [3.8, 4) is 0 Å². The molecule has 1 saturated heterocycles. The summed E-state index contributed by atoms with van der Waals surface area (Å²) < 4.78 is 30.5. The molecule has 1 aliphatic heterocycles. The second-order valence-corrected chi connectivity index (χ2v) is 6.17. The van der Waals surface area contributed by atoms with E-state index in [0.29, 0.717) is 31.3 Å². The van der Waals surface area contributed by atoms with E-state index in [2.05, 4.69) is 0 Å². The highest BCUT2D eigenvalue weighted by atomic mass is 35.5. The van der Waals surface area contributed by atoms with Gasteiger partial charge >= 0.3 is 0 Å². The summed E-state index contributed by atoms with van der Waals surface area (Å²) in [7, 11) is -3.35. The highest BCUT2D eigenvalue weighted by Crippen LogP contribution is 2.13. The fraction of sp³-hybridized carbons (Fsp3) is 0.333. The van der Waals surface area contributed by atoms with Gasteiger partial charge in [0.05, 0.1) is 13.2 Å².